The topological polar surface area (TPSA) is 232 Å². The van der Waals surface area contributed by atoms with Gasteiger partial charge in [-0.05, 0) is 71.3 Å². The van der Waals surface area contributed by atoms with Crippen LogP contribution in [-0.4, -0.2) is 68.4 Å². The molecule has 0 spiro atoms. The normalized spacial score (nSPS) is 12.1. The molecule has 0 fully saturated rings. The van der Waals surface area contributed by atoms with Gasteiger partial charge in [-0.15, -0.1) is 0 Å². The number of esters is 2. The molecule has 4 aromatic rings. The largest absolute Gasteiger partial charge is 1.00 e. The van der Waals surface area contributed by atoms with E-state index in [1.54, 1.807) is 0 Å². The van der Waals surface area contributed by atoms with Gasteiger partial charge in [-0.2, -0.15) is 52.7 Å². The van der Waals surface area contributed by atoms with Gasteiger partial charge < -0.3 is 35.4 Å². The van der Waals surface area contributed by atoms with E-state index in [1.807, 2.05) is 0 Å². The number of alkyl halides is 12. The minimum atomic E-state index is -4.59. The standard InChI is InChI=1S/C11H9F3O4.C10H9F3O3.C9H7F3O3.C8H5F3O.C2H3ClO.Li.H2O/c1-6(15)18-9(10(16)17)7-3-2-4-8(5-7)11(12,13)14;1-16-9(15)8(14)6-3-2-4-7(5-6)10(11,12)13;10-9(11,12)6-3-1-2-5(4-6)7(13)8(14)15;9-8(10,11)7-3-1-2-6(4-7)5-12;1-2(3)4;;/h2-5,9H,1H3,(H,16,17);2-5,8,14H,1H3;1-4,7,13H,(H,14,15);1-5H;1H3;;1H2/q;;;;;+1;/p-1. The third-order valence-electron chi connectivity index (χ3n) is 7.09. The minimum Gasteiger partial charge on any atom is -0.870 e. The van der Waals surface area contributed by atoms with Crippen molar-refractivity contribution < 1.29 is 136 Å². The molecule has 0 saturated carbocycles. The zero-order valence-corrected chi connectivity index (χ0v) is 35.2. The molecule has 3 unspecified atom stereocenters. The number of rotatable bonds is 8. The second kappa shape index (κ2) is 28.9. The second-order valence-corrected chi connectivity index (χ2v) is 12.6. The molecule has 4 rings (SSSR count). The van der Waals surface area contributed by atoms with Crippen LogP contribution in [0.5, 0.6) is 0 Å². The van der Waals surface area contributed by atoms with Crippen LogP contribution in [0.4, 0.5) is 52.7 Å². The summed E-state index contributed by atoms with van der Waals surface area (Å²) in [6.07, 6.45) is -23.0. The number of ether oxygens (including phenoxy) is 2. The van der Waals surface area contributed by atoms with Crippen molar-refractivity contribution in [2.45, 2.75) is 56.9 Å². The van der Waals surface area contributed by atoms with Gasteiger partial charge in [-0.3, -0.25) is 14.4 Å². The second-order valence-electron chi connectivity index (χ2n) is 12.1. The van der Waals surface area contributed by atoms with Crippen LogP contribution in [0.1, 0.15) is 81.5 Å². The molecule has 0 heterocycles. The molecule has 0 aliphatic heterocycles. The van der Waals surface area contributed by atoms with Crippen molar-refractivity contribution in [3.8, 4) is 0 Å². The average Bonchev–Trinajstić information content (AvgIpc) is 3.21. The molecular formula is C40H34ClF12LiO13. The van der Waals surface area contributed by atoms with Crippen molar-refractivity contribution in [1.82, 2.24) is 0 Å². The Morgan fingerprint density at radius 1 is 0.567 bits per heavy atom. The van der Waals surface area contributed by atoms with E-state index in [4.69, 9.17) is 15.3 Å². The zero-order chi connectivity index (χ0) is 50.7. The first-order valence-corrected chi connectivity index (χ1v) is 17.4. The Balaban J connectivity index is -0.000000791. The number of benzene rings is 4. The number of carbonyl (C=O) groups is 6. The molecule has 0 saturated heterocycles. The Morgan fingerprint density at radius 3 is 1.18 bits per heavy atom. The van der Waals surface area contributed by atoms with E-state index >= 15 is 0 Å². The molecule has 0 aromatic heterocycles. The first kappa shape index (κ1) is 65.3. The molecule has 4 aromatic carbocycles. The van der Waals surface area contributed by atoms with E-state index in [9.17, 15) is 86.6 Å². The minimum absolute atomic E-state index is 0. The number of halogens is 13. The molecule has 3 atom stereocenters. The number of methoxy groups -OCH3 is 1. The van der Waals surface area contributed by atoms with Crippen molar-refractivity contribution in [2.24, 2.45) is 0 Å². The maximum Gasteiger partial charge on any atom is 1.00 e. The number of carboxylic acid groups (broad SMARTS) is 2. The van der Waals surface area contributed by atoms with Gasteiger partial charge in [-0.1, -0.05) is 48.5 Å². The summed E-state index contributed by atoms with van der Waals surface area (Å²) in [7, 11) is 1.04. The Bertz CT molecular complexity index is 2230. The summed E-state index contributed by atoms with van der Waals surface area (Å²) in [5.74, 6) is -5.02. The van der Waals surface area contributed by atoms with Crippen molar-refractivity contribution in [2.75, 3.05) is 7.11 Å². The zero-order valence-electron chi connectivity index (χ0n) is 34.5. The fourth-order valence-electron chi connectivity index (χ4n) is 4.25. The summed E-state index contributed by atoms with van der Waals surface area (Å²) < 4.78 is 156. The molecule has 0 amide bonds. The number of hydrogen-bond acceptors (Lipinski definition) is 11. The van der Waals surface area contributed by atoms with Crippen LogP contribution in [-0.2, 0) is 58.2 Å². The maximum absolute atomic E-state index is 12.4. The maximum atomic E-state index is 12.4. The quantitative estimate of drug-likeness (QED) is 0.0504. The van der Waals surface area contributed by atoms with Gasteiger partial charge in [0, 0.05) is 25.0 Å². The van der Waals surface area contributed by atoms with Crippen molar-refractivity contribution >= 4 is 47.0 Å². The summed E-state index contributed by atoms with van der Waals surface area (Å²) in [4.78, 5) is 62.1. The monoisotopic (exact) mass is 992 g/mol. The SMILES string of the molecule is CC(=O)Cl.CC(=O)OC(C(=O)O)c1cccc(C(F)(F)F)c1.COC(=O)C(O)c1cccc(C(F)(F)F)c1.O=C(O)C(O)c1cccc(C(F)(F)F)c1.O=Cc1cccc(C(F)(F)F)c1.[Li+].[OH-]. The summed E-state index contributed by atoms with van der Waals surface area (Å²) >= 11 is 4.64. The molecule has 27 heteroatoms. The van der Waals surface area contributed by atoms with Crippen LogP contribution in [0.15, 0.2) is 97.1 Å². The first-order chi connectivity index (χ1) is 29.7. The molecule has 5 N–H and O–H groups in total. The third kappa shape index (κ3) is 24.9. The predicted molar refractivity (Wildman–Crippen MR) is 201 cm³/mol. The fourth-order valence-corrected chi connectivity index (χ4v) is 4.25. The van der Waals surface area contributed by atoms with Crippen LogP contribution in [0.25, 0.3) is 0 Å². The average molecular weight is 993 g/mol. The van der Waals surface area contributed by atoms with Gasteiger partial charge >= 0.3 is 67.4 Å². The molecule has 0 bridgehead atoms. The van der Waals surface area contributed by atoms with Gasteiger partial charge in [0.1, 0.15) is 6.29 Å². The van der Waals surface area contributed by atoms with Crippen LogP contribution < -0.4 is 18.9 Å². The Hall–Kier alpha value is -5.97. The Labute approximate surface area is 387 Å². The third-order valence-corrected chi connectivity index (χ3v) is 7.09. The van der Waals surface area contributed by atoms with Gasteiger partial charge in [0.05, 0.1) is 29.4 Å². The summed E-state index contributed by atoms with van der Waals surface area (Å²) in [5.41, 5.74) is -4.37. The van der Waals surface area contributed by atoms with Crippen molar-refractivity contribution in [1.29, 1.82) is 0 Å². The van der Waals surface area contributed by atoms with Gasteiger partial charge in [-0.25, -0.2) is 14.4 Å². The van der Waals surface area contributed by atoms with E-state index in [2.05, 4.69) is 21.1 Å². The summed E-state index contributed by atoms with van der Waals surface area (Å²) in [6, 6.07) is 15.4. The van der Waals surface area contributed by atoms with Gasteiger partial charge in [0.2, 0.25) is 11.3 Å². The molecule has 0 aliphatic rings. The smallest absolute Gasteiger partial charge is 0.870 e. The van der Waals surface area contributed by atoms with Gasteiger partial charge in [0.25, 0.3) is 0 Å². The number of hydrogen-bond donors (Lipinski definition) is 4. The Morgan fingerprint density at radius 2 is 0.881 bits per heavy atom. The summed E-state index contributed by atoms with van der Waals surface area (Å²) in [6.45, 7) is 2.27. The van der Waals surface area contributed by atoms with E-state index in [-0.39, 0.29) is 51.8 Å². The number of aliphatic hydroxyl groups excluding tert-OH is 2. The number of aldehydes is 1. The van der Waals surface area contributed by atoms with E-state index < -0.39 is 89.1 Å². The van der Waals surface area contributed by atoms with Crippen LogP contribution in [0.2, 0.25) is 0 Å². The number of carboxylic acids is 2. The number of aliphatic hydroxyl groups is 2. The van der Waals surface area contributed by atoms with E-state index in [1.165, 1.54) is 25.1 Å². The number of carbonyl (C=O) groups excluding carboxylic acids is 4. The molecule has 0 aliphatic carbocycles. The van der Waals surface area contributed by atoms with Gasteiger partial charge in [0.15, 0.2) is 12.2 Å². The first-order valence-electron chi connectivity index (χ1n) is 17.0. The molecule has 364 valence electrons. The van der Waals surface area contributed by atoms with E-state index in [0.29, 0.717) is 24.5 Å². The molecule has 0 radical (unpaired) electrons. The number of aliphatic carboxylic acids is 2. The van der Waals surface area contributed by atoms with Crippen LogP contribution >= 0.6 is 11.6 Å². The van der Waals surface area contributed by atoms with Crippen LogP contribution in [0.3, 0.4) is 0 Å². The fraction of sp³-hybridized carbons (Fsp3) is 0.250. The predicted octanol–water partition coefficient (Wildman–Crippen LogP) is 6.25. The van der Waals surface area contributed by atoms with E-state index in [0.717, 1.165) is 74.7 Å². The van der Waals surface area contributed by atoms with Crippen molar-refractivity contribution in [3.63, 3.8) is 0 Å². The molecule has 13 nitrogen and oxygen atoms in total. The molecular weight excluding hydrogens is 959 g/mol. The van der Waals surface area contributed by atoms with Crippen molar-refractivity contribution in [3.05, 3.63) is 142 Å². The van der Waals surface area contributed by atoms with Crippen LogP contribution in [0, 0.1) is 0 Å². The Kier molecular flexibility index (Phi) is 28.2. The summed E-state index contributed by atoms with van der Waals surface area (Å²) in [5, 5.41) is 35.2. The molecule has 67 heavy (non-hydrogen) atoms.